The van der Waals surface area contributed by atoms with Gasteiger partial charge in [-0.25, -0.2) is 26.3 Å². The molecule has 0 radical (unpaired) electrons. The summed E-state index contributed by atoms with van der Waals surface area (Å²) in [5, 5.41) is 4.60. The van der Waals surface area contributed by atoms with Gasteiger partial charge >= 0.3 is 0 Å². The molecule has 0 aliphatic carbocycles. The lowest BCUT2D eigenvalue weighted by Crippen LogP contribution is -1.93. The maximum Gasteiger partial charge on any atom is 0.194 e. The minimum absolute atomic E-state index is 0.110. The number of rotatable bonds is 2. The summed E-state index contributed by atoms with van der Waals surface area (Å²) in [7, 11) is 0. The molecule has 0 fully saturated rings. The highest BCUT2D eigenvalue weighted by Gasteiger charge is 2.22. The highest BCUT2D eigenvalue weighted by molar-refractivity contribution is 6.32. The van der Waals surface area contributed by atoms with Gasteiger partial charge in [0.05, 0.1) is 11.0 Å². The van der Waals surface area contributed by atoms with Crippen LogP contribution in [0.15, 0.2) is 84.9 Å². The summed E-state index contributed by atoms with van der Waals surface area (Å²) in [5.74, 6) is -8.45. The van der Waals surface area contributed by atoms with E-state index in [4.69, 9.17) is 0 Å². The third kappa shape index (κ3) is 3.43. The molecule has 7 rings (SSSR count). The number of hydrogen-bond acceptors (Lipinski definition) is 0. The van der Waals surface area contributed by atoms with Gasteiger partial charge < -0.3 is 4.98 Å². The topological polar surface area (TPSA) is 15.8 Å². The van der Waals surface area contributed by atoms with Crippen molar-refractivity contribution in [1.29, 1.82) is 0 Å². The lowest BCUT2D eigenvalue weighted by molar-refractivity contribution is 0.447. The third-order valence-corrected chi connectivity index (χ3v) is 7.19. The van der Waals surface area contributed by atoms with Crippen molar-refractivity contribution in [3.63, 3.8) is 0 Å². The number of halogens is 6. The molecule has 6 aromatic carbocycles. The van der Waals surface area contributed by atoms with Gasteiger partial charge in [0.1, 0.15) is 0 Å². The lowest BCUT2D eigenvalue weighted by Gasteiger charge is -2.10. The zero-order valence-corrected chi connectivity index (χ0v) is 19.9. The predicted octanol–water partition coefficient (Wildman–Crippen LogP) is 9.80. The van der Waals surface area contributed by atoms with Gasteiger partial charge in [-0.3, -0.25) is 0 Å². The minimum Gasteiger partial charge on any atom is -0.353 e. The van der Waals surface area contributed by atoms with E-state index in [2.05, 4.69) is 4.98 Å². The molecule has 0 aliphatic rings. The Morgan fingerprint density at radius 1 is 0.436 bits per heavy atom. The van der Waals surface area contributed by atoms with Crippen LogP contribution < -0.4 is 0 Å². The van der Waals surface area contributed by atoms with Crippen LogP contribution in [-0.4, -0.2) is 4.98 Å². The van der Waals surface area contributed by atoms with E-state index in [9.17, 15) is 26.3 Å². The predicted molar refractivity (Wildman–Crippen MR) is 141 cm³/mol. The molecule has 0 aliphatic heterocycles. The first kappa shape index (κ1) is 23.3. The summed E-state index contributed by atoms with van der Waals surface area (Å²) in [5.41, 5.74) is 2.02. The van der Waals surface area contributed by atoms with Crippen LogP contribution in [0.2, 0.25) is 0 Å². The first-order valence-electron chi connectivity index (χ1n) is 12.0. The molecule has 1 N–H and O–H groups in total. The summed E-state index contributed by atoms with van der Waals surface area (Å²) in [6, 6.07) is 22.1. The van der Waals surface area contributed by atoms with E-state index in [1.165, 1.54) is 0 Å². The van der Waals surface area contributed by atoms with Gasteiger partial charge in [0.15, 0.2) is 34.9 Å². The number of H-pyrrole nitrogens is 1. The van der Waals surface area contributed by atoms with Crippen molar-refractivity contribution in [3.8, 4) is 22.3 Å². The molecule has 1 nitrogen and oxygen atoms in total. The van der Waals surface area contributed by atoms with Crippen LogP contribution in [0.1, 0.15) is 0 Å². The van der Waals surface area contributed by atoms with E-state index in [0.717, 1.165) is 45.8 Å². The molecule has 1 aromatic heterocycles. The summed E-state index contributed by atoms with van der Waals surface area (Å²) in [6.45, 7) is 0. The molecule has 0 spiro atoms. The quantitative estimate of drug-likeness (QED) is 0.170. The molecule has 0 saturated heterocycles. The second-order valence-electron chi connectivity index (χ2n) is 9.42. The molecule has 39 heavy (non-hydrogen) atoms. The Bertz CT molecular complexity index is 1950. The molecule has 0 saturated carbocycles. The smallest absolute Gasteiger partial charge is 0.194 e. The van der Waals surface area contributed by atoms with Gasteiger partial charge in [-0.1, -0.05) is 48.5 Å². The van der Waals surface area contributed by atoms with E-state index in [1.807, 2.05) is 48.5 Å². The highest BCUT2D eigenvalue weighted by atomic mass is 19.2. The zero-order valence-electron chi connectivity index (χ0n) is 19.9. The van der Waals surface area contributed by atoms with Gasteiger partial charge in [-0.05, 0) is 69.1 Å². The van der Waals surface area contributed by atoms with E-state index in [1.54, 1.807) is 12.1 Å². The lowest BCUT2D eigenvalue weighted by atomic mass is 9.92. The highest BCUT2D eigenvalue weighted by Crippen LogP contribution is 2.45. The average molecular weight is 527 g/mol. The van der Waals surface area contributed by atoms with Crippen molar-refractivity contribution in [3.05, 3.63) is 120 Å². The molecule has 7 aromatic rings. The molecule has 1 heterocycles. The second kappa shape index (κ2) is 8.36. The van der Waals surface area contributed by atoms with Crippen molar-refractivity contribution in [1.82, 2.24) is 4.98 Å². The van der Waals surface area contributed by atoms with Crippen LogP contribution in [0.5, 0.6) is 0 Å². The molecule has 190 valence electrons. The third-order valence-electron chi connectivity index (χ3n) is 7.19. The van der Waals surface area contributed by atoms with Gasteiger partial charge in [0, 0.05) is 21.9 Å². The zero-order chi connectivity index (χ0) is 27.0. The van der Waals surface area contributed by atoms with Crippen LogP contribution in [0, 0.1) is 34.9 Å². The van der Waals surface area contributed by atoms with E-state index in [0.29, 0.717) is 32.9 Å². The largest absolute Gasteiger partial charge is 0.353 e. The monoisotopic (exact) mass is 527 g/mol. The maximum atomic E-state index is 14.3. The fraction of sp³-hybridized carbons (Fsp3) is 0. The van der Waals surface area contributed by atoms with Gasteiger partial charge in [0.2, 0.25) is 0 Å². The van der Waals surface area contributed by atoms with Crippen LogP contribution in [0.3, 0.4) is 0 Å². The van der Waals surface area contributed by atoms with E-state index < -0.39 is 34.9 Å². The Labute approximate surface area is 216 Å². The van der Waals surface area contributed by atoms with Crippen molar-refractivity contribution in [2.45, 2.75) is 0 Å². The number of hydrogen-bond donors (Lipinski definition) is 1. The molecule has 7 heteroatoms. The van der Waals surface area contributed by atoms with Crippen molar-refractivity contribution in [2.24, 2.45) is 0 Å². The van der Waals surface area contributed by atoms with Crippen molar-refractivity contribution < 1.29 is 26.3 Å². The van der Waals surface area contributed by atoms with Gasteiger partial charge in [0.25, 0.3) is 0 Å². The minimum atomic E-state index is -1.57. The Morgan fingerprint density at radius 2 is 0.795 bits per heavy atom. The fourth-order valence-electron chi connectivity index (χ4n) is 5.48. The average Bonchev–Trinajstić information content (AvgIpc) is 3.34. The molecule has 0 bridgehead atoms. The molecular weight excluding hydrogens is 512 g/mol. The fourth-order valence-corrected chi connectivity index (χ4v) is 5.48. The SMILES string of the molecule is Fc1cc(-c2cc3ccccc3c3c2[nH]c2c(-c4cc(F)c(F)c(F)c4)cc4ccccc4c23)cc(F)c1F. The van der Waals surface area contributed by atoms with Crippen LogP contribution in [0.4, 0.5) is 26.3 Å². The summed E-state index contributed by atoms with van der Waals surface area (Å²) >= 11 is 0. The number of nitrogens with one attached hydrogen (secondary N) is 1. The second-order valence-corrected chi connectivity index (χ2v) is 9.42. The molecular formula is C32H15F6N. The first-order valence-corrected chi connectivity index (χ1v) is 12.0. The Balaban J connectivity index is 1.72. The summed E-state index contributed by atoms with van der Waals surface area (Å²) < 4.78 is 84.9. The van der Waals surface area contributed by atoms with E-state index >= 15 is 0 Å². The van der Waals surface area contributed by atoms with Crippen molar-refractivity contribution in [2.75, 3.05) is 0 Å². The number of benzene rings is 6. The Kier molecular flexibility index (Phi) is 5.01. The standard InChI is InChI=1S/C32H15F6N/c33-23-11-17(12-24(34)29(23)37)21-9-15-5-1-3-7-19(15)27-28-20-8-4-2-6-16(20)10-22(32(28)39-31(21)27)18-13-25(35)30(38)26(36)14-18/h1-14,39H. The van der Waals surface area contributed by atoms with E-state index in [-0.39, 0.29) is 11.1 Å². The van der Waals surface area contributed by atoms with Crippen LogP contribution in [-0.2, 0) is 0 Å². The van der Waals surface area contributed by atoms with Crippen molar-refractivity contribution >= 4 is 43.4 Å². The summed E-state index contributed by atoms with van der Waals surface area (Å²) in [6.07, 6.45) is 0. The van der Waals surface area contributed by atoms with Crippen LogP contribution >= 0.6 is 0 Å². The normalized spacial score (nSPS) is 11.8. The van der Waals surface area contributed by atoms with Gasteiger partial charge in [-0.2, -0.15) is 0 Å². The number of fused-ring (bicyclic) bond motifs is 7. The van der Waals surface area contributed by atoms with Gasteiger partial charge in [-0.15, -0.1) is 0 Å². The molecule has 0 amide bonds. The van der Waals surface area contributed by atoms with Crippen LogP contribution in [0.25, 0.3) is 65.6 Å². The first-order chi connectivity index (χ1) is 18.8. The Hall–Kier alpha value is -4.78. The molecule has 0 atom stereocenters. The molecule has 0 unspecified atom stereocenters. The maximum absolute atomic E-state index is 14.3. The summed E-state index contributed by atoms with van der Waals surface area (Å²) in [4.78, 5) is 3.33. The number of aromatic nitrogens is 1. The Morgan fingerprint density at radius 3 is 1.18 bits per heavy atom. The number of aromatic amines is 1.